The number of amides is 2. The first kappa shape index (κ1) is 17.6. The number of ether oxygens (including phenoxy) is 1. The van der Waals surface area contributed by atoms with Crippen molar-refractivity contribution in [3.8, 4) is 5.75 Å². The average molecular weight is 320 g/mol. The number of benzene rings is 1. The zero-order valence-electron chi connectivity index (χ0n) is 14.3. The highest BCUT2D eigenvalue weighted by Crippen LogP contribution is 2.41. The molecule has 1 saturated carbocycles. The van der Waals surface area contributed by atoms with Crippen LogP contribution in [0.1, 0.15) is 45.1 Å². The molecule has 0 saturated heterocycles. The Hall–Kier alpha value is -1.75. The molecule has 0 aliphatic heterocycles. The number of hydrogen-bond donors (Lipinski definition) is 3. The van der Waals surface area contributed by atoms with Gasteiger partial charge < -0.3 is 20.5 Å². The number of carbonyl (C=O) groups excluding carboxylic acids is 1. The minimum atomic E-state index is -0.155. The molecule has 0 heterocycles. The van der Waals surface area contributed by atoms with Crippen molar-refractivity contribution >= 4 is 6.03 Å². The van der Waals surface area contributed by atoms with Crippen LogP contribution < -0.4 is 15.4 Å². The monoisotopic (exact) mass is 320 g/mol. The van der Waals surface area contributed by atoms with Crippen molar-refractivity contribution in [2.75, 3.05) is 19.8 Å². The van der Waals surface area contributed by atoms with Crippen LogP contribution >= 0.6 is 0 Å². The lowest BCUT2D eigenvalue weighted by molar-refractivity contribution is 0.150. The lowest BCUT2D eigenvalue weighted by Crippen LogP contribution is -2.39. The van der Waals surface area contributed by atoms with Crippen LogP contribution in [0.2, 0.25) is 0 Å². The van der Waals surface area contributed by atoms with Gasteiger partial charge in [0.1, 0.15) is 5.75 Å². The summed E-state index contributed by atoms with van der Waals surface area (Å²) in [6.45, 7) is 7.29. The Kier molecular flexibility index (Phi) is 5.88. The van der Waals surface area contributed by atoms with Gasteiger partial charge in [-0.3, -0.25) is 0 Å². The highest BCUT2D eigenvalue weighted by Gasteiger charge is 2.39. The quantitative estimate of drug-likeness (QED) is 0.689. The van der Waals surface area contributed by atoms with Crippen LogP contribution in [-0.2, 0) is 0 Å². The first-order valence-electron chi connectivity index (χ1n) is 8.33. The number of urea groups is 1. The van der Waals surface area contributed by atoms with E-state index in [1.165, 1.54) is 5.56 Å². The highest BCUT2D eigenvalue weighted by molar-refractivity contribution is 5.74. The van der Waals surface area contributed by atoms with Crippen LogP contribution in [0.15, 0.2) is 24.3 Å². The molecule has 2 rings (SSSR count). The summed E-state index contributed by atoms with van der Waals surface area (Å²) in [7, 11) is 0. The van der Waals surface area contributed by atoms with Crippen molar-refractivity contribution < 1.29 is 14.6 Å². The predicted molar refractivity (Wildman–Crippen MR) is 90.8 cm³/mol. The summed E-state index contributed by atoms with van der Waals surface area (Å²) >= 11 is 0. The second-order valence-corrected chi connectivity index (χ2v) is 6.92. The lowest BCUT2D eigenvalue weighted by Gasteiger charge is -2.21. The van der Waals surface area contributed by atoms with E-state index < -0.39 is 0 Å². The van der Waals surface area contributed by atoms with E-state index in [1.54, 1.807) is 0 Å². The van der Waals surface area contributed by atoms with Crippen molar-refractivity contribution in [1.82, 2.24) is 10.6 Å². The smallest absolute Gasteiger partial charge is 0.315 e. The Morgan fingerprint density at radius 3 is 2.65 bits per heavy atom. The molecule has 0 radical (unpaired) electrons. The molecule has 128 valence electrons. The third-order valence-electron chi connectivity index (χ3n) is 4.24. The minimum absolute atomic E-state index is 0.124. The van der Waals surface area contributed by atoms with Gasteiger partial charge in [-0.25, -0.2) is 4.79 Å². The van der Waals surface area contributed by atoms with Crippen molar-refractivity contribution in [2.24, 2.45) is 5.41 Å². The molecule has 1 aliphatic carbocycles. The number of aliphatic hydroxyl groups is 1. The molecule has 2 atom stereocenters. The molecule has 5 heteroatoms. The summed E-state index contributed by atoms with van der Waals surface area (Å²) in [5.41, 5.74) is 1.08. The van der Waals surface area contributed by atoms with Gasteiger partial charge in [-0.05, 0) is 42.9 Å². The number of aliphatic hydroxyl groups excluding tert-OH is 1. The number of nitrogens with one attached hydrogen (secondary N) is 2. The first-order valence-corrected chi connectivity index (χ1v) is 8.33. The van der Waals surface area contributed by atoms with Gasteiger partial charge in [0.2, 0.25) is 0 Å². The van der Waals surface area contributed by atoms with Crippen LogP contribution in [0, 0.1) is 5.41 Å². The van der Waals surface area contributed by atoms with Crippen molar-refractivity contribution in [2.45, 2.75) is 45.6 Å². The van der Waals surface area contributed by atoms with Crippen LogP contribution in [0.5, 0.6) is 5.75 Å². The van der Waals surface area contributed by atoms with Gasteiger partial charge in [-0.2, -0.15) is 0 Å². The Balaban J connectivity index is 1.71. The van der Waals surface area contributed by atoms with E-state index in [0.717, 1.165) is 18.6 Å². The molecule has 0 unspecified atom stereocenters. The van der Waals surface area contributed by atoms with Crippen LogP contribution in [0.25, 0.3) is 0 Å². The molecule has 0 spiro atoms. The van der Waals surface area contributed by atoms with Crippen LogP contribution in [0.3, 0.4) is 0 Å². The second-order valence-electron chi connectivity index (χ2n) is 6.92. The van der Waals surface area contributed by atoms with E-state index in [-0.39, 0.29) is 24.1 Å². The third kappa shape index (κ3) is 5.43. The molecular formula is C18H28N2O3. The number of hydrogen-bond acceptors (Lipinski definition) is 3. The van der Waals surface area contributed by atoms with E-state index in [0.29, 0.717) is 19.1 Å². The molecule has 2 amide bonds. The highest BCUT2D eigenvalue weighted by atomic mass is 16.5. The third-order valence-corrected chi connectivity index (χ3v) is 4.24. The summed E-state index contributed by atoms with van der Waals surface area (Å²) in [5.74, 6) is 1.27. The lowest BCUT2D eigenvalue weighted by atomic mass is 9.91. The maximum atomic E-state index is 11.9. The molecule has 1 aromatic rings. The van der Waals surface area contributed by atoms with Crippen LogP contribution in [-0.4, -0.2) is 36.9 Å². The first-order chi connectivity index (χ1) is 10.9. The summed E-state index contributed by atoms with van der Waals surface area (Å²) in [5, 5.41) is 15.1. The standard InChI is InChI=1S/C18H28N2O3/c1-4-23-14-7-5-13(6-8-14)15-11-16(15)20-17(22)19-10-9-18(2,3)12-21/h5-8,15-16,21H,4,9-12H2,1-3H3,(H2,19,20,22)/t15-,16+/m0/s1. The van der Waals surface area contributed by atoms with Gasteiger partial charge in [0.15, 0.2) is 0 Å². The topological polar surface area (TPSA) is 70.6 Å². The summed E-state index contributed by atoms with van der Waals surface area (Å²) in [6.07, 6.45) is 1.73. The van der Waals surface area contributed by atoms with E-state index in [9.17, 15) is 9.90 Å². The molecule has 1 aromatic carbocycles. The minimum Gasteiger partial charge on any atom is -0.494 e. The molecule has 3 N–H and O–H groups in total. The predicted octanol–water partition coefficient (Wildman–Crippen LogP) is 2.65. The molecular weight excluding hydrogens is 292 g/mol. The van der Waals surface area contributed by atoms with Crippen molar-refractivity contribution in [3.63, 3.8) is 0 Å². The Morgan fingerprint density at radius 2 is 2.04 bits per heavy atom. The van der Waals surface area contributed by atoms with Gasteiger partial charge in [0, 0.05) is 25.1 Å². The van der Waals surface area contributed by atoms with Gasteiger partial charge in [-0.1, -0.05) is 26.0 Å². The normalized spacial score (nSPS) is 20.0. The van der Waals surface area contributed by atoms with Gasteiger partial charge in [0.25, 0.3) is 0 Å². The molecule has 0 aromatic heterocycles. The second kappa shape index (κ2) is 7.68. The SMILES string of the molecule is CCOc1ccc([C@@H]2C[C@H]2NC(=O)NCCC(C)(C)CO)cc1. The molecule has 5 nitrogen and oxygen atoms in total. The molecule has 1 aliphatic rings. The summed E-state index contributed by atoms with van der Waals surface area (Å²) in [4.78, 5) is 11.9. The maximum absolute atomic E-state index is 11.9. The maximum Gasteiger partial charge on any atom is 0.315 e. The molecule has 23 heavy (non-hydrogen) atoms. The fourth-order valence-electron chi connectivity index (χ4n) is 2.51. The largest absolute Gasteiger partial charge is 0.494 e. The Morgan fingerprint density at radius 1 is 1.35 bits per heavy atom. The number of carbonyl (C=O) groups is 1. The fraction of sp³-hybridized carbons (Fsp3) is 0.611. The summed E-state index contributed by atoms with van der Waals surface area (Å²) in [6, 6.07) is 8.17. The van der Waals surface area contributed by atoms with E-state index in [1.807, 2.05) is 32.9 Å². The van der Waals surface area contributed by atoms with Crippen LogP contribution in [0.4, 0.5) is 4.79 Å². The average Bonchev–Trinajstić information content (AvgIpc) is 3.27. The van der Waals surface area contributed by atoms with Gasteiger partial charge >= 0.3 is 6.03 Å². The van der Waals surface area contributed by atoms with Crippen molar-refractivity contribution in [3.05, 3.63) is 29.8 Å². The zero-order valence-corrected chi connectivity index (χ0v) is 14.3. The van der Waals surface area contributed by atoms with Crippen molar-refractivity contribution in [1.29, 1.82) is 0 Å². The molecule has 1 fully saturated rings. The number of rotatable bonds is 8. The zero-order chi connectivity index (χ0) is 16.9. The fourth-order valence-corrected chi connectivity index (χ4v) is 2.51. The Labute approximate surface area is 138 Å². The van der Waals surface area contributed by atoms with E-state index in [4.69, 9.17) is 4.74 Å². The van der Waals surface area contributed by atoms with E-state index in [2.05, 4.69) is 22.8 Å². The Bertz CT molecular complexity index is 514. The van der Waals surface area contributed by atoms with Gasteiger partial charge in [0.05, 0.1) is 6.61 Å². The summed E-state index contributed by atoms with van der Waals surface area (Å²) < 4.78 is 5.44. The van der Waals surface area contributed by atoms with E-state index >= 15 is 0 Å². The van der Waals surface area contributed by atoms with Gasteiger partial charge in [-0.15, -0.1) is 0 Å². The molecule has 0 bridgehead atoms.